The molecule has 4 heterocycles. The van der Waals surface area contributed by atoms with Crippen LogP contribution in [0.5, 0.6) is 0 Å². The van der Waals surface area contributed by atoms with Gasteiger partial charge in [0.2, 0.25) is 11.6 Å². The van der Waals surface area contributed by atoms with E-state index >= 15 is 0 Å². The highest BCUT2D eigenvalue weighted by molar-refractivity contribution is 9.10. The molecule has 0 unspecified atom stereocenters. The maximum Gasteiger partial charge on any atom is 0.225 e. The molecule has 2 fully saturated rings. The van der Waals surface area contributed by atoms with E-state index in [0.717, 1.165) is 73.9 Å². The molecular formula is C26H24BrN7O. The Morgan fingerprint density at radius 2 is 2.06 bits per heavy atom. The van der Waals surface area contributed by atoms with E-state index in [-0.39, 0.29) is 5.92 Å². The van der Waals surface area contributed by atoms with Crippen LogP contribution in [0.4, 0.5) is 5.69 Å². The molecule has 9 heteroatoms. The lowest BCUT2D eigenvalue weighted by Crippen LogP contribution is -2.32. The predicted octanol–water partition coefficient (Wildman–Crippen LogP) is 5.26. The van der Waals surface area contributed by atoms with Crippen LogP contribution in [0.1, 0.15) is 37.9 Å². The number of aromatic nitrogens is 5. The lowest BCUT2D eigenvalue weighted by atomic mass is 10.0. The summed E-state index contributed by atoms with van der Waals surface area (Å²) in [6.07, 6.45) is 9.40. The van der Waals surface area contributed by atoms with E-state index in [4.69, 9.17) is 11.6 Å². The molecule has 1 amide bonds. The smallest absolute Gasteiger partial charge is 0.225 e. The minimum Gasteiger partial charge on any atom is -0.342 e. The van der Waals surface area contributed by atoms with E-state index in [1.54, 1.807) is 16.9 Å². The zero-order chi connectivity index (χ0) is 23.9. The molecule has 176 valence electrons. The average molecular weight is 530 g/mol. The highest BCUT2D eigenvalue weighted by atomic mass is 79.9. The van der Waals surface area contributed by atoms with Gasteiger partial charge in [0.25, 0.3) is 0 Å². The standard InChI is InChI=1S/C26H24BrN7O/c1-28-21-14-19(13-17-5-4-8-29-23(17)21)34-25-20(24(27)32-34)15-30-22(31-25)12-16-6-7-18(11-16)26(35)33-9-2-3-10-33/h4-5,8,13-16,18H,2-3,6-7,9-12H2/t16-,18-/m1/s1. The van der Waals surface area contributed by atoms with Crippen LogP contribution in [0.3, 0.4) is 0 Å². The van der Waals surface area contributed by atoms with Crippen molar-refractivity contribution in [1.82, 2.24) is 29.6 Å². The van der Waals surface area contributed by atoms with E-state index < -0.39 is 0 Å². The van der Waals surface area contributed by atoms with Crippen LogP contribution in [-0.4, -0.2) is 48.6 Å². The number of pyridine rings is 1. The van der Waals surface area contributed by atoms with E-state index in [2.05, 4.69) is 35.8 Å². The number of carbonyl (C=O) groups excluding carboxylic acids is 1. The van der Waals surface area contributed by atoms with Gasteiger partial charge >= 0.3 is 0 Å². The van der Waals surface area contributed by atoms with Gasteiger partial charge < -0.3 is 4.90 Å². The number of rotatable bonds is 4. The number of halogens is 1. The van der Waals surface area contributed by atoms with Gasteiger partial charge in [0.05, 0.1) is 23.2 Å². The molecule has 0 N–H and O–H groups in total. The Labute approximate surface area is 211 Å². The molecule has 0 bridgehead atoms. The fourth-order valence-corrected chi connectivity index (χ4v) is 5.92. The van der Waals surface area contributed by atoms with Crippen molar-refractivity contribution in [2.45, 2.75) is 38.5 Å². The molecule has 1 aromatic carbocycles. The van der Waals surface area contributed by atoms with Crippen LogP contribution in [-0.2, 0) is 11.2 Å². The molecule has 2 aliphatic rings. The van der Waals surface area contributed by atoms with Crippen molar-refractivity contribution < 1.29 is 4.79 Å². The first-order chi connectivity index (χ1) is 17.1. The zero-order valence-electron chi connectivity index (χ0n) is 19.2. The van der Waals surface area contributed by atoms with E-state index in [1.165, 1.54) is 0 Å². The number of amides is 1. The third-order valence-corrected chi connectivity index (χ3v) is 7.83. The number of nitrogens with zero attached hydrogens (tertiary/aromatic N) is 7. The molecule has 4 aromatic rings. The summed E-state index contributed by atoms with van der Waals surface area (Å²) in [6.45, 7) is 9.44. The zero-order valence-corrected chi connectivity index (χ0v) is 20.8. The second kappa shape index (κ2) is 9.00. The second-order valence-electron chi connectivity index (χ2n) is 9.49. The summed E-state index contributed by atoms with van der Waals surface area (Å²) in [5, 5.41) is 6.35. The summed E-state index contributed by atoms with van der Waals surface area (Å²) in [5.74, 6) is 1.65. The number of carbonyl (C=O) groups is 1. The maximum absolute atomic E-state index is 12.8. The van der Waals surface area contributed by atoms with Gasteiger partial charge in [-0.05, 0) is 77.5 Å². The molecule has 1 aliphatic heterocycles. The number of fused-ring (bicyclic) bond motifs is 2. The van der Waals surface area contributed by atoms with Crippen molar-refractivity contribution in [3.8, 4) is 5.69 Å². The van der Waals surface area contributed by atoms with Crippen molar-refractivity contribution in [3.63, 3.8) is 0 Å². The molecule has 35 heavy (non-hydrogen) atoms. The highest BCUT2D eigenvalue weighted by Gasteiger charge is 2.34. The number of hydrogen-bond donors (Lipinski definition) is 0. The van der Waals surface area contributed by atoms with Crippen LogP contribution < -0.4 is 0 Å². The second-order valence-corrected chi connectivity index (χ2v) is 10.2. The van der Waals surface area contributed by atoms with Crippen molar-refractivity contribution in [1.29, 1.82) is 0 Å². The Kier molecular flexibility index (Phi) is 5.69. The van der Waals surface area contributed by atoms with Gasteiger partial charge in [-0.25, -0.2) is 19.5 Å². The van der Waals surface area contributed by atoms with E-state index in [9.17, 15) is 4.79 Å². The molecule has 6 rings (SSSR count). The van der Waals surface area contributed by atoms with E-state index in [0.29, 0.717) is 33.3 Å². The monoisotopic (exact) mass is 529 g/mol. The fraction of sp³-hybridized carbons (Fsp3) is 0.385. The predicted molar refractivity (Wildman–Crippen MR) is 136 cm³/mol. The summed E-state index contributed by atoms with van der Waals surface area (Å²) < 4.78 is 2.42. The third kappa shape index (κ3) is 4.06. The first-order valence-electron chi connectivity index (χ1n) is 12.1. The van der Waals surface area contributed by atoms with Crippen molar-refractivity contribution in [2.75, 3.05) is 13.1 Å². The Hall–Kier alpha value is -3.38. The number of likely N-dealkylation sites (tertiary alicyclic amines) is 1. The molecule has 1 saturated carbocycles. The normalized spacial score (nSPS) is 20.1. The van der Waals surface area contributed by atoms with Gasteiger partial charge in [-0.15, -0.1) is 0 Å². The Morgan fingerprint density at radius 3 is 2.89 bits per heavy atom. The molecular weight excluding hydrogens is 506 g/mol. The van der Waals surface area contributed by atoms with Crippen LogP contribution in [0.25, 0.3) is 32.5 Å². The summed E-state index contributed by atoms with van der Waals surface area (Å²) >= 11 is 3.54. The molecule has 1 aliphatic carbocycles. The summed E-state index contributed by atoms with van der Waals surface area (Å²) in [4.78, 5) is 32.4. The fourth-order valence-electron chi connectivity index (χ4n) is 5.49. The van der Waals surface area contributed by atoms with Crippen LogP contribution in [0, 0.1) is 18.4 Å². The topological polar surface area (TPSA) is 81.2 Å². The summed E-state index contributed by atoms with van der Waals surface area (Å²) in [6, 6.07) is 7.58. The van der Waals surface area contributed by atoms with E-state index in [1.807, 2.05) is 29.3 Å². The third-order valence-electron chi connectivity index (χ3n) is 7.24. The lowest BCUT2D eigenvalue weighted by molar-refractivity contribution is -0.134. The quantitative estimate of drug-likeness (QED) is 0.337. The van der Waals surface area contributed by atoms with Gasteiger partial charge in [0.15, 0.2) is 5.65 Å². The molecule has 2 atom stereocenters. The SMILES string of the molecule is [C-]#[N+]c1cc(-n2nc(Br)c3cnc(C[C@@H]4CC[C@@H](C(=O)N5CCCC5)C4)nc32)cc2cccnc12. The van der Waals surface area contributed by atoms with Gasteiger partial charge in [-0.2, -0.15) is 5.10 Å². The van der Waals surface area contributed by atoms with Gasteiger partial charge in [0, 0.05) is 37.8 Å². The Morgan fingerprint density at radius 1 is 1.20 bits per heavy atom. The molecule has 8 nitrogen and oxygen atoms in total. The first-order valence-corrected chi connectivity index (χ1v) is 12.9. The summed E-state index contributed by atoms with van der Waals surface area (Å²) in [7, 11) is 0. The minimum atomic E-state index is 0.139. The number of hydrogen-bond acceptors (Lipinski definition) is 5. The lowest BCUT2D eigenvalue weighted by Gasteiger charge is -2.19. The maximum atomic E-state index is 12.8. The first kappa shape index (κ1) is 22.1. The summed E-state index contributed by atoms with van der Waals surface area (Å²) in [5.41, 5.74) is 2.61. The Bertz CT molecular complexity index is 1480. The molecule has 1 saturated heterocycles. The van der Waals surface area contributed by atoms with Gasteiger partial charge in [0.1, 0.15) is 10.4 Å². The minimum absolute atomic E-state index is 0.139. The van der Waals surface area contributed by atoms with Crippen molar-refractivity contribution >= 4 is 49.5 Å². The van der Waals surface area contributed by atoms with Gasteiger partial charge in [-0.1, -0.05) is 6.07 Å². The molecule has 3 aromatic heterocycles. The van der Waals surface area contributed by atoms with Crippen LogP contribution in [0.15, 0.2) is 41.3 Å². The average Bonchev–Trinajstić information content (AvgIpc) is 3.64. The van der Waals surface area contributed by atoms with Crippen LogP contribution >= 0.6 is 15.9 Å². The largest absolute Gasteiger partial charge is 0.342 e. The van der Waals surface area contributed by atoms with Gasteiger partial charge in [-0.3, -0.25) is 9.78 Å². The van der Waals surface area contributed by atoms with Crippen molar-refractivity contribution in [3.05, 3.63) is 58.5 Å². The highest BCUT2D eigenvalue weighted by Crippen LogP contribution is 2.35. The number of benzene rings is 1. The molecule has 0 radical (unpaired) electrons. The Balaban J connectivity index is 1.29. The molecule has 0 spiro atoms. The van der Waals surface area contributed by atoms with Crippen LogP contribution in [0.2, 0.25) is 0 Å². The van der Waals surface area contributed by atoms with Crippen molar-refractivity contribution in [2.24, 2.45) is 11.8 Å².